The second-order valence-electron chi connectivity index (χ2n) is 7.98. The smallest absolute Gasteiger partial charge is 0.256 e. The standard InChI is InChI=1S/C20H25FN4O2/c1-24-6-8-25(9-7-24)13-20(4-5-20)12-23-19(27)16-11-22-17-3-2-14(21)10-15(17)18(16)26/h2-3,10-11H,4-9,12-13H2,1H3,(H,22,26)(H,23,27). The molecule has 0 bridgehead atoms. The quantitative estimate of drug-likeness (QED) is 0.833. The number of pyridine rings is 1. The number of piperazine rings is 1. The van der Waals surface area contributed by atoms with Crippen LogP contribution in [0.25, 0.3) is 10.9 Å². The van der Waals surface area contributed by atoms with E-state index in [9.17, 15) is 14.0 Å². The van der Waals surface area contributed by atoms with E-state index in [4.69, 9.17) is 0 Å². The summed E-state index contributed by atoms with van der Waals surface area (Å²) in [5.41, 5.74) is 0.237. The van der Waals surface area contributed by atoms with E-state index in [0.29, 0.717) is 12.1 Å². The lowest BCUT2D eigenvalue weighted by atomic mass is 10.1. The van der Waals surface area contributed by atoms with E-state index in [1.807, 2.05) is 0 Å². The van der Waals surface area contributed by atoms with Crippen LogP contribution in [-0.4, -0.2) is 67.0 Å². The van der Waals surface area contributed by atoms with Crippen LogP contribution in [0, 0.1) is 11.2 Å². The van der Waals surface area contributed by atoms with Crippen LogP contribution in [0.4, 0.5) is 4.39 Å². The molecule has 2 aromatic rings. The van der Waals surface area contributed by atoms with Crippen LogP contribution in [-0.2, 0) is 0 Å². The number of fused-ring (bicyclic) bond motifs is 1. The van der Waals surface area contributed by atoms with Crippen molar-refractivity contribution in [1.29, 1.82) is 0 Å². The molecule has 1 aliphatic carbocycles. The number of likely N-dealkylation sites (N-methyl/N-ethyl adjacent to an activating group) is 1. The first kappa shape index (κ1) is 18.1. The number of nitrogens with zero attached hydrogens (tertiary/aromatic N) is 2. The molecule has 2 fully saturated rings. The zero-order valence-electron chi connectivity index (χ0n) is 15.6. The molecule has 0 unspecified atom stereocenters. The van der Waals surface area contributed by atoms with Gasteiger partial charge in [0.2, 0.25) is 5.43 Å². The lowest BCUT2D eigenvalue weighted by Crippen LogP contribution is -2.48. The monoisotopic (exact) mass is 372 g/mol. The summed E-state index contributed by atoms with van der Waals surface area (Å²) in [4.78, 5) is 32.8. The van der Waals surface area contributed by atoms with Crippen molar-refractivity contribution in [1.82, 2.24) is 20.1 Å². The van der Waals surface area contributed by atoms with E-state index in [-0.39, 0.29) is 16.4 Å². The van der Waals surface area contributed by atoms with Gasteiger partial charge in [-0.1, -0.05) is 0 Å². The maximum atomic E-state index is 13.4. The number of H-pyrrole nitrogens is 1. The fraction of sp³-hybridized carbons (Fsp3) is 0.500. The highest BCUT2D eigenvalue weighted by Gasteiger charge is 2.44. The van der Waals surface area contributed by atoms with Crippen molar-refractivity contribution < 1.29 is 9.18 Å². The number of carbonyl (C=O) groups is 1. The molecule has 0 radical (unpaired) electrons. The topological polar surface area (TPSA) is 68.4 Å². The van der Waals surface area contributed by atoms with Crippen LogP contribution in [0.1, 0.15) is 23.2 Å². The third-order valence-corrected chi connectivity index (χ3v) is 5.82. The van der Waals surface area contributed by atoms with Crippen LogP contribution in [0.2, 0.25) is 0 Å². The molecule has 1 aliphatic heterocycles. The fourth-order valence-corrected chi connectivity index (χ4v) is 3.77. The molecule has 1 saturated carbocycles. The number of aromatic amines is 1. The van der Waals surface area contributed by atoms with Gasteiger partial charge >= 0.3 is 0 Å². The lowest BCUT2D eigenvalue weighted by Gasteiger charge is -2.34. The number of benzene rings is 1. The molecule has 0 atom stereocenters. The summed E-state index contributed by atoms with van der Waals surface area (Å²) in [5.74, 6) is -0.887. The number of hydrogen-bond donors (Lipinski definition) is 2. The van der Waals surface area contributed by atoms with Crippen molar-refractivity contribution >= 4 is 16.8 Å². The minimum atomic E-state index is -0.491. The summed E-state index contributed by atoms with van der Waals surface area (Å²) in [5, 5.41) is 3.13. The van der Waals surface area contributed by atoms with Gasteiger partial charge < -0.3 is 20.1 Å². The van der Waals surface area contributed by atoms with Gasteiger partial charge in [-0.2, -0.15) is 0 Å². The summed E-state index contributed by atoms with van der Waals surface area (Å²) in [6, 6.07) is 3.96. The largest absolute Gasteiger partial charge is 0.360 e. The SMILES string of the molecule is CN1CCN(CC2(CNC(=O)c3c[nH]c4ccc(F)cc4c3=O)CC2)CC1. The second kappa shape index (κ2) is 7.05. The number of aromatic nitrogens is 1. The first-order chi connectivity index (χ1) is 13.0. The Hall–Kier alpha value is -2.25. The number of halogens is 1. The normalized spacial score (nSPS) is 19.9. The molecule has 27 heavy (non-hydrogen) atoms. The Morgan fingerprint density at radius 1 is 1.26 bits per heavy atom. The minimum absolute atomic E-state index is 0.0310. The molecule has 2 heterocycles. The zero-order chi connectivity index (χ0) is 19.0. The van der Waals surface area contributed by atoms with Crippen molar-refractivity contribution in [3.8, 4) is 0 Å². The van der Waals surface area contributed by atoms with Crippen LogP contribution in [0.15, 0.2) is 29.2 Å². The van der Waals surface area contributed by atoms with Crippen LogP contribution < -0.4 is 10.7 Å². The number of hydrogen-bond acceptors (Lipinski definition) is 4. The summed E-state index contributed by atoms with van der Waals surface area (Å²) in [6.45, 7) is 5.82. The van der Waals surface area contributed by atoms with Crippen LogP contribution in [0.5, 0.6) is 0 Å². The highest BCUT2D eigenvalue weighted by atomic mass is 19.1. The Labute approximate surface area is 157 Å². The number of nitrogens with one attached hydrogen (secondary N) is 2. The van der Waals surface area contributed by atoms with Crippen LogP contribution in [0.3, 0.4) is 0 Å². The van der Waals surface area contributed by atoms with Gasteiger partial charge in [-0.3, -0.25) is 9.59 Å². The first-order valence-corrected chi connectivity index (χ1v) is 9.46. The Balaban J connectivity index is 1.41. The fourth-order valence-electron chi connectivity index (χ4n) is 3.77. The Morgan fingerprint density at radius 3 is 2.70 bits per heavy atom. The number of amides is 1. The lowest BCUT2D eigenvalue weighted by molar-refractivity contribution is 0.0926. The summed E-state index contributed by atoms with van der Waals surface area (Å²) in [7, 11) is 2.14. The molecule has 144 valence electrons. The average molecular weight is 372 g/mol. The molecule has 7 heteroatoms. The molecule has 2 N–H and O–H groups in total. The average Bonchev–Trinajstić information content (AvgIpc) is 3.42. The van der Waals surface area contributed by atoms with E-state index >= 15 is 0 Å². The third-order valence-electron chi connectivity index (χ3n) is 5.82. The zero-order valence-corrected chi connectivity index (χ0v) is 15.6. The maximum Gasteiger partial charge on any atom is 0.256 e. The van der Waals surface area contributed by atoms with Crippen molar-refractivity contribution in [3.63, 3.8) is 0 Å². The molecular formula is C20H25FN4O2. The molecule has 2 aliphatic rings. The van der Waals surface area contributed by atoms with Crippen molar-refractivity contribution in [3.05, 3.63) is 46.0 Å². The van der Waals surface area contributed by atoms with Gasteiger partial charge in [0.15, 0.2) is 0 Å². The molecular weight excluding hydrogens is 347 g/mol. The summed E-state index contributed by atoms with van der Waals surface area (Å²) >= 11 is 0. The number of carbonyl (C=O) groups excluding carboxylic acids is 1. The Morgan fingerprint density at radius 2 is 2.00 bits per heavy atom. The summed E-state index contributed by atoms with van der Waals surface area (Å²) in [6.07, 6.45) is 3.61. The Bertz CT molecular complexity index is 914. The predicted octanol–water partition coefficient (Wildman–Crippen LogP) is 1.42. The van der Waals surface area contributed by atoms with Crippen molar-refractivity contribution in [2.24, 2.45) is 5.41 Å². The van der Waals surface area contributed by atoms with Crippen LogP contribution >= 0.6 is 0 Å². The maximum absolute atomic E-state index is 13.4. The second-order valence-corrected chi connectivity index (χ2v) is 7.98. The van der Waals surface area contributed by atoms with Gasteiger partial charge in [-0.15, -0.1) is 0 Å². The van der Waals surface area contributed by atoms with Crippen molar-refractivity contribution in [2.45, 2.75) is 12.8 Å². The number of rotatable bonds is 5. The first-order valence-electron chi connectivity index (χ1n) is 9.46. The van der Waals surface area contributed by atoms with E-state index in [0.717, 1.165) is 45.6 Å². The van der Waals surface area contributed by atoms with E-state index in [2.05, 4.69) is 27.1 Å². The van der Waals surface area contributed by atoms with Crippen molar-refractivity contribution in [2.75, 3.05) is 46.3 Å². The molecule has 4 rings (SSSR count). The molecule has 1 aromatic heterocycles. The van der Waals surface area contributed by atoms with E-state index in [1.54, 1.807) is 0 Å². The molecule has 1 aromatic carbocycles. The molecule has 1 saturated heterocycles. The van der Waals surface area contributed by atoms with Gasteiger partial charge in [0.1, 0.15) is 11.4 Å². The molecule has 0 spiro atoms. The summed E-state index contributed by atoms with van der Waals surface area (Å²) < 4.78 is 13.4. The van der Waals surface area contributed by atoms with Gasteiger partial charge in [0.25, 0.3) is 5.91 Å². The van der Waals surface area contributed by atoms with Gasteiger partial charge in [0, 0.05) is 61.8 Å². The third kappa shape index (κ3) is 3.89. The molecule has 6 nitrogen and oxygen atoms in total. The molecule has 1 amide bonds. The van der Waals surface area contributed by atoms with Gasteiger partial charge in [-0.05, 0) is 38.1 Å². The predicted molar refractivity (Wildman–Crippen MR) is 102 cm³/mol. The Kier molecular flexibility index (Phi) is 4.74. The van der Waals surface area contributed by atoms with E-state index < -0.39 is 17.2 Å². The van der Waals surface area contributed by atoms with Gasteiger partial charge in [-0.25, -0.2) is 4.39 Å². The van der Waals surface area contributed by atoms with E-state index in [1.165, 1.54) is 24.4 Å². The van der Waals surface area contributed by atoms with Gasteiger partial charge in [0.05, 0.1) is 0 Å². The highest BCUT2D eigenvalue weighted by Crippen LogP contribution is 2.45. The highest BCUT2D eigenvalue weighted by molar-refractivity contribution is 5.97. The minimum Gasteiger partial charge on any atom is -0.360 e.